The molecule has 1 atom stereocenters. The largest absolute Gasteiger partial charge is 0.265 e. The summed E-state index contributed by atoms with van der Waals surface area (Å²) in [6.45, 7) is 4.09. The predicted molar refractivity (Wildman–Crippen MR) is 76.1 cm³/mol. The third-order valence-corrected chi connectivity index (χ3v) is 6.18. The number of nitrogens with zero attached hydrogens (tertiary/aromatic N) is 2. The van der Waals surface area contributed by atoms with Crippen LogP contribution in [0.15, 0.2) is 24.5 Å². The molecular formula is C14H22N2O2S. The first-order valence-electron chi connectivity index (χ1n) is 6.76. The van der Waals surface area contributed by atoms with E-state index in [1.54, 1.807) is 19.4 Å². The molecule has 5 heteroatoms. The second-order valence-corrected chi connectivity index (χ2v) is 7.77. The maximum atomic E-state index is 12.4. The van der Waals surface area contributed by atoms with Gasteiger partial charge in [-0.25, -0.2) is 8.42 Å². The lowest BCUT2D eigenvalue weighted by molar-refractivity contribution is 0.232. The Balaban J connectivity index is 2.03. The van der Waals surface area contributed by atoms with E-state index in [4.69, 9.17) is 0 Å². The van der Waals surface area contributed by atoms with Crippen LogP contribution >= 0.6 is 0 Å². The van der Waals surface area contributed by atoms with Crippen molar-refractivity contribution in [2.75, 3.05) is 12.8 Å². The van der Waals surface area contributed by atoms with Crippen LogP contribution in [0.25, 0.3) is 0 Å². The molecule has 0 bridgehead atoms. The van der Waals surface area contributed by atoms with Gasteiger partial charge < -0.3 is 0 Å². The minimum absolute atomic E-state index is 0.148. The molecule has 1 aromatic rings. The molecule has 4 nitrogen and oxygen atoms in total. The van der Waals surface area contributed by atoms with Gasteiger partial charge >= 0.3 is 0 Å². The van der Waals surface area contributed by atoms with Crippen molar-refractivity contribution in [3.63, 3.8) is 0 Å². The first kappa shape index (κ1) is 14.5. The van der Waals surface area contributed by atoms with E-state index in [1.165, 1.54) is 4.31 Å². The zero-order valence-electron chi connectivity index (χ0n) is 11.8. The molecule has 0 spiro atoms. The molecule has 0 aliphatic heterocycles. The van der Waals surface area contributed by atoms with Gasteiger partial charge in [-0.05, 0) is 49.3 Å². The number of hydrogen-bond acceptors (Lipinski definition) is 3. The van der Waals surface area contributed by atoms with Gasteiger partial charge in [0.15, 0.2) is 0 Å². The number of rotatable bonds is 5. The van der Waals surface area contributed by atoms with Gasteiger partial charge in [0, 0.05) is 25.5 Å². The lowest BCUT2D eigenvalue weighted by Crippen LogP contribution is -2.37. The van der Waals surface area contributed by atoms with Gasteiger partial charge in [-0.3, -0.25) is 4.98 Å². The molecule has 1 saturated carbocycles. The van der Waals surface area contributed by atoms with Crippen LogP contribution in [-0.4, -0.2) is 30.5 Å². The summed E-state index contributed by atoms with van der Waals surface area (Å²) in [5, 5.41) is 0. The van der Waals surface area contributed by atoms with Crippen LogP contribution in [0.2, 0.25) is 0 Å². The van der Waals surface area contributed by atoms with Crippen LogP contribution in [0.3, 0.4) is 0 Å². The first-order valence-corrected chi connectivity index (χ1v) is 8.36. The Labute approximate surface area is 115 Å². The molecule has 1 unspecified atom stereocenters. The van der Waals surface area contributed by atoms with Crippen molar-refractivity contribution in [2.24, 2.45) is 11.8 Å². The Morgan fingerprint density at radius 1 is 1.37 bits per heavy atom. The molecule has 0 radical (unpaired) electrons. The monoisotopic (exact) mass is 282 g/mol. The van der Waals surface area contributed by atoms with E-state index in [1.807, 2.05) is 19.1 Å². The van der Waals surface area contributed by atoms with Crippen LogP contribution in [0.1, 0.15) is 38.3 Å². The minimum atomic E-state index is -3.18. The predicted octanol–water partition coefficient (Wildman–Crippen LogP) is 2.45. The van der Waals surface area contributed by atoms with Gasteiger partial charge in [0.05, 0.1) is 5.75 Å². The Hall–Kier alpha value is -0.940. The van der Waals surface area contributed by atoms with Gasteiger partial charge in [0.2, 0.25) is 10.0 Å². The fraction of sp³-hybridized carbons (Fsp3) is 0.643. The first-order chi connectivity index (χ1) is 8.90. The third kappa shape index (κ3) is 3.34. The van der Waals surface area contributed by atoms with Crippen molar-refractivity contribution in [2.45, 2.75) is 32.7 Å². The smallest absolute Gasteiger partial charge is 0.214 e. The molecule has 1 fully saturated rings. The summed E-state index contributed by atoms with van der Waals surface area (Å²) in [7, 11) is -1.51. The lowest BCUT2D eigenvalue weighted by atomic mass is 9.77. The highest BCUT2D eigenvalue weighted by Gasteiger charge is 2.33. The summed E-state index contributed by atoms with van der Waals surface area (Å²) in [4.78, 5) is 3.96. The molecule has 0 aromatic carbocycles. The van der Waals surface area contributed by atoms with Gasteiger partial charge in [0.1, 0.15) is 0 Å². The quantitative estimate of drug-likeness (QED) is 0.833. The van der Waals surface area contributed by atoms with Gasteiger partial charge in [-0.2, -0.15) is 4.31 Å². The summed E-state index contributed by atoms with van der Waals surface area (Å²) < 4.78 is 26.2. The highest BCUT2D eigenvalue weighted by Crippen LogP contribution is 2.35. The normalized spacial score (nSPS) is 25.1. The number of sulfonamides is 1. The molecule has 106 valence electrons. The number of pyridine rings is 1. The SMILES string of the molecule is CC1CC(CS(=O)(=O)N(C)C(C)c2ccncc2)C1. The molecule has 1 aliphatic carbocycles. The van der Waals surface area contributed by atoms with Crippen LogP contribution < -0.4 is 0 Å². The van der Waals surface area contributed by atoms with Crippen molar-refractivity contribution < 1.29 is 8.42 Å². The van der Waals surface area contributed by atoms with Crippen molar-refractivity contribution >= 4 is 10.0 Å². The van der Waals surface area contributed by atoms with Crippen LogP contribution in [0.4, 0.5) is 0 Å². The Kier molecular flexibility index (Phi) is 4.26. The second kappa shape index (κ2) is 5.59. The second-order valence-electron chi connectivity index (χ2n) is 5.69. The highest BCUT2D eigenvalue weighted by molar-refractivity contribution is 7.89. The summed E-state index contributed by atoms with van der Waals surface area (Å²) in [5.41, 5.74) is 0.975. The molecule has 0 amide bonds. The number of aromatic nitrogens is 1. The zero-order valence-corrected chi connectivity index (χ0v) is 12.6. The molecule has 1 aliphatic rings. The minimum Gasteiger partial charge on any atom is -0.265 e. The molecular weight excluding hydrogens is 260 g/mol. The molecule has 2 rings (SSSR count). The molecule has 0 N–H and O–H groups in total. The maximum Gasteiger partial charge on any atom is 0.214 e. The molecule has 1 aromatic heterocycles. The fourth-order valence-corrected chi connectivity index (χ4v) is 4.42. The molecule has 1 heterocycles. The maximum absolute atomic E-state index is 12.4. The Morgan fingerprint density at radius 2 is 1.95 bits per heavy atom. The van der Waals surface area contributed by atoms with E-state index >= 15 is 0 Å². The van der Waals surface area contributed by atoms with Crippen molar-refractivity contribution in [1.29, 1.82) is 0 Å². The van der Waals surface area contributed by atoms with E-state index in [2.05, 4.69) is 11.9 Å². The average molecular weight is 282 g/mol. The summed E-state index contributed by atoms with van der Waals surface area (Å²) in [6.07, 6.45) is 5.47. The van der Waals surface area contributed by atoms with E-state index in [-0.39, 0.29) is 11.8 Å². The summed E-state index contributed by atoms with van der Waals surface area (Å²) in [6, 6.07) is 3.58. The molecule has 19 heavy (non-hydrogen) atoms. The van der Waals surface area contributed by atoms with Crippen molar-refractivity contribution in [3.05, 3.63) is 30.1 Å². The Morgan fingerprint density at radius 3 is 2.47 bits per heavy atom. The fourth-order valence-electron chi connectivity index (χ4n) is 2.71. The zero-order chi connectivity index (χ0) is 14.0. The van der Waals surface area contributed by atoms with Gasteiger partial charge in [-0.1, -0.05) is 6.92 Å². The summed E-state index contributed by atoms with van der Waals surface area (Å²) >= 11 is 0. The van der Waals surface area contributed by atoms with Crippen LogP contribution in [0.5, 0.6) is 0 Å². The van der Waals surface area contributed by atoms with E-state index < -0.39 is 10.0 Å². The lowest BCUT2D eigenvalue weighted by Gasteiger charge is -2.34. The van der Waals surface area contributed by atoms with Gasteiger partial charge in [-0.15, -0.1) is 0 Å². The van der Waals surface area contributed by atoms with E-state index in [0.717, 1.165) is 18.4 Å². The van der Waals surface area contributed by atoms with E-state index in [0.29, 0.717) is 11.8 Å². The highest BCUT2D eigenvalue weighted by atomic mass is 32.2. The average Bonchev–Trinajstić information content (AvgIpc) is 2.36. The number of hydrogen-bond donors (Lipinski definition) is 0. The Bertz CT molecular complexity index is 510. The van der Waals surface area contributed by atoms with Crippen molar-refractivity contribution in [1.82, 2.24) is 9.29 Å². The standard InChI is InChI=1S/C14H22N2O2S/c1-11-8-13(9-11)10-19(17,18)16(3)12(2)14-4-6-15-7-5-14/h4-7,11-13H,8-10H2,1-3H3. The topological polar surface area (TPSA) is 50.3 Å². The van der Waals surface area contributed by atoms with Crippen molar-refractivity contribution in [3.8, 4) is 0 Å². The van der Waals surface area contributed by atoms with Gasteiger partial charge in [0.25, 0.3) is 0 Å². The molecule has 0 saturated heterocycles. The summed E-state index contributed by atoms with van der Waals surface area (Å²) in [5.74, 6) is 1.30. The third-order valence-electron chi connectivity index (χ3n) is 4.09. The van der Waals surface area contributed by atoms with E-state index in [9.17, 15) is 8.42 Å². The van der Waals surface area contributed by atoms with Crippen LogP contribution in [-0.2, 0) is 10.0 Å². The van der Waals surface area contributed by atoms with Crippen LogP contribution in [0, 0.1) is 11.8 Å².